The summed E-state index contributed by atoms with van der Waals surface area (Å²) in [6, 6.07) is 7.41. The maximum Gasteiger partial charge on any atom is 0.250 e. The minimum Gasteiger partial charge on any atom is -0.375 e. The van der Waals surface area contributed by atoms with Crippen molar-refractivity contribution in [3.63, 3.8) is 0 Å². The zero-order chi connectivity index (χ0) is 16.7. The summed E-state index contributed by atoms with van der Waals surface area (Å²) in [5.41, 5.74) is 1.41. The van der Waals surface area contributed by atoms with Gasteiger partial charge in [0, 0.05) is 30.9 Å². The highest BCUT2D eigenvalue weighted by Gasteiger charge is 2.21. The molecule has 0 saturated carbocycles. The molecule has 2 rings (SSSR count). The number of amides is 2. The Kier molecular flexibility index (Phi) is 6.55. The second kappa shape index (κ2) is 8.64. The van der Waals surface area contributed by atoms with Gasteiger partial charge in [0.1, 0.15) is 6.61 Å². The predicted octanol–water partition coefficient (Wildman–Crippen LogP) is 2.08. The zero-order valence-electron chi connectivity index (χ0n) is 13.8. The van der Waals surface area contributed by atoms with E-state index in [2.05, 4.69) is 22.6 Å². The summed E-state index contributed by atoms with van der Waals surface area (Å²) in [4.78, 5) is 25.8. The number of anilines is 2. The number of piperidine rings is 1. The van der Waals surface area contributed by atoms with E-state index in [1.165, 1.54) is 20.0 Å². The van der Waals surface area contributed by atoms with Gasteiger partial charge in [0.05, 0.1) is 0 Å². The van der Waals surface area contributed by atoms with Crippen LogP contribution in [-0.4, -0.2) is 50.1 Å². The Hall–Kier alpha value is -1.92. The second-order valence-corrected chi connectivity index (χ2v) is 5.94. The van der Waals surface area contributed by atoms with Crippen LogP contribution in [0.2, 0.25) is 0 Å². The van der Waals surface area contributed by atoms with Crippen molar-refractivity contribution in [3.8, 4) is 0 Å². The summed E-state index contributed by atoms with van der Waals surface area (Å²) < 4.78 is 4.76. The van der Waals surface area contributed by atoms with Crippen molar-refractivity contribution in [2.24, 2.45) is 0 Å². The Balaban J connectivity index is 1.82. The summed E-state index contributed by atoms with van der Waals surface area (Å²) in [6.07, 6.45) is 4.00. The van der Waals surface area contributed by atoms with Crippen molar-refractivity contribution in [1.29, 1.82) is 0 Å². The van der Waals surface area contributed by atoms with E-state index in [4.69, 9.17) is 4.74 Å². The van der Waals surface area contributed by atoms with Crippen molar-refractivity contribution in [2.45, 2.75) is 31.7 Å². The normalized spacial score (nSPS) is 18.4. The summed E-state index contributed by atoms with van der Waals surface area (Å²) in [7, 11) is 3.55. The van der Waals surface area contributed by atoms with E-state index in [9.17, 15) is 9.59 Å². The van der Waals surface area contributed by atoms with Crippen LogP contribution in [0, 0.1) is 0 Å². The molecular weight excluding hydrogens is 294 g/mol. The van der Waals surface area contributed by atoms with Crippen molar-refractivity contribution < 1.29 is 14.3 Å². The van der Waals surface area contributed by atoms with Gasteiger partial charge in [-0.25, -0.2) is 0 Å². The van der Waals surface area contributed by atoms with Crippen LogP contribution in [0.4, 0.5) is 11.4 Å². The lowest BCUT2D eigenvalue weighted by atomic mass is 10.00. The third kappa shape index (κ3) is 5.65. The molecule has 2 amide bonds. The molecule has 0 aliphatic carbocycles. The Bertz CT molecular complexity index is 530. The van der Waals surface area contributed by atoms with Gasteiger partial charge in [-0.1, -0.05) is 6.42 Å². The molecule has 1 aromatic carbocycles. The Morgan fingerprint density at radius 1 is 1.13 bits per heavy atom. The number of ether oxygens (including phenoxy) is 1. The van der Waals surface area contributed by atoms with E-state index < -0.39 is 0 Å². The van der Waals surface area contributed by atoms with Gasteiger partial charge in [0.25, 0.3) is 0 Å². The molecular formula is C17H25N3O3. The molecule has 1 saturated heterocycles. The minimum atomic E-state index is -0.204. The maximum atomic E-state index is 12.2. The number of nitrogens with zero attached hydrogens (tertiary/aromatic N) is 1. The van der Waals surface area contributed by atoms with Gasteiger partial charge >= 0.3 is 0 Å². The van der Waals surface area contributed by atoms with E-state index >= 15 is 0 Å². The van der Waals surface area contributed by atoms with Crippen LogP contribution in [0.5, 0.6) is 0 Å². The Labute approximate surface area is 137 Å². The number of hydrogen-bond donors (Lipinski definition) is 2. The molecule has 0 bridgehead atoms. The SMILES string of the molecule is COCC(=O)Nc1ccc(NC(=O)CC2CCCCN2C)cc1. The second-order valence-electron chi connectivity index (χ2n) is 5.94. The highest BCUT2D eigenvalue weighted by atomic mass is 16.5. The van der Waals surface area contributed by atoms with E-state index in [-0.39, 0.29) is 18.4 Å². The lowest BCUT2D eigenvalue weighted by molar-refractivity contribution is -0.119. The van der Waals surface area contributed by atoms with Crippen LogP contribution in [0.1, 0.15) is 25.7 Å². The largest absolute Gasteiger partial charge is 0.375 e. The van der Waals surface area contributed by atoms with E-state index in [0.29, 0.717) is 18.2 Å². The van der Waals surface area contributed by atoms with E-state index in [0.717, 1.165) is 18.7 Å². The molecule has 2 N–H and O–H groups in total. The fraction of sp³-hybridized carbons (Fsp3) is 0.529. The number of likely N-dealkylation sites (tertiary alicyclic amines) is 1. The molecule has 1 aliphatic heterocycles. The van der Waals surface area contributed by atoms with Gasteiger partial charge in [-0.15, -0.1) is 0 Å². The summed E-state index contributed by atoms with van der Waals surface area (Å²) >= 11 is 0. The molecule has 0 spiro atoms. The molecule has 1 atom stereocenters. The summed E-state index contributed by atoms with van der Waals surface area (Å²) in [5.74, 6) is -0.176. The molecule has 6 heteroatoms. The Morgan fingerprint density at radius 2 is 1.74 bits per heavy atom. The fourth-order valence-electron chi connectivity index (χ4n) is 2.79. The monoisotopic (exact) mass is 319 g/mol. The van der Waals surface area contributed by atoms with Gasteiger partial charge < -0.3 is 20.3 Å². The quantitative estimate of drug-likeness (QED) is 0.842. The summed E-state index contributed by atoms with van der Waals surface area (Å²) in [5, 5.41) is 5.62. The number of hydrogen-bond acceptors (Lipinski definition) is 4. The topological polar surface area (TPSA) is 70.7 Å². The van der Waals surface area contributed by atoms with Crippen LogP contribution in [0.25, 0.3) is 0 Å². The molecule has 0 radical (unpaired) electrons. The van der Waals surface area contributed by atoms with Crippen molar-refractivity contribution in [1.82, 2.24) is 4.90 Å². The molecule has 126 valence electrons. The van der Waals surface area contributed by atoms with Gasteiger partial charge in [-0.2, -0.15) is 0 Å². The van der Waals surface area contributed by atoms with Crippen molar-refractivity contribution >= 4 is 23.2 Å². The van der Waals surface area contributed by atoms with Gasteiger partial charge in [-0.3, -0.25) is 9.59 Å². The minimum absolute atomic E-state index is 0.0212. The summed E-state index contributed by atoms with van der Waals surface area (Å²) in [6.45, 7) is 1.08. The smallest absolute Gasteiger partial charge is 0.250 e. The lowest BCUT2D eigenvalue weighted by Crippen LogP contribution is -2.38. The zero-order valence-corrected chi connectivity index (χ0v) is 13.8. The molecule has 1 heterocycles. The first-order chi connectivity index (χ1) is 11.1. The average molecular weight is 319 g/mol. The average Bonchev–Trinajstić information content (AvgIpc) is 2.52. The van der Waals surface area contributed by atoms with E-state index in [1.807, 2.05) is 0 Å². The number of carbonyl (C=O) groups excluding carboxylic acids is 2. The highest BCUT2D eigenvalue weighted by molar-refractivity contribution is 5.93. The molecule has 23 heavy (non-hydrogen) atoms. The standard InChI is InChI=1S/C17H25N3O3/c1-20-10-4-3-5-15(20)11-16(21)18-13-6-8-14(9-7-13)19-17(22)12-23-2/h6-9,15H,3-5,10-12H2,1-2H3,(H,18,21)(H,19,22). The predicted molar refractivity (Wildman–Crippen MR) is 90.5 cm³/mol. The van der Waals surface area contributed by atoms with Gasteiger partial charge in [0.2, 0.25) is 11.8 Å². The van der Waals surface area contributed by atoms with Gasteiger partial charge in [-0.05, 0) is 50.7 Å². The fourth-order valence-corrected chi connectivity index (χ4v) is 2.79. The first kappa shape index (κ1) is 17.4. The van der Waals surface area contributed by atoms with Crippen LogP contribution < -0.4 is 10.6 Å². The van der Waals surface area contributed by atoms with Crippen molar-refractivity contribution in [2.75, 3.05) is 37.9 Å². The lowest BCUT2D eigenvalue weighted by Gasteiger charge is -2.31. The van der Waals surface area contributed by atoms with Gasteiger partial charge in [0.15, 0.2) is 0 Å². The molecule has 1 unspecified atom stereocenters. The molecule has 6 nitrogen and oxygen atoms in total. The number of carbonyl (C=O) groups is 2. The molecule has 0 aromatic heterocycles. The number of nitrogens with one attached hydrogen (secondary N) is 2. The first-order valence-electron chi connectivity index (χ1n) is 7.97. The highest BCUT2D eigenvalue weighted by Crippen LogP contribution is 2.19. The van der Waals surface area contributed by atoms with Crippen LogP contribution in [0.3, 0.4) is 0 Å². The van der Waals surface area contributed by atoms with Crippen LogP contribution in [0.15, 0.2) is 24.3 Å². The van der Waals surface area contributed by atoms with Crippen LogP contribution >= 0.6 is 0 Å². The Morgan fingerprint density at radius 3 is 2.30 bits per heavy atom. The maximum absolute atomic E-state index is 12.2. The number of rotatable bonds is 6. The third-order valence-corrected chi connectivity index (χ3v) is 4.07. The first-order valence-corrected chi connectivity index (χ1v) is 7.97. The number of methoxy groups -OCH3 is 1. The molecule has 1 aliphatic rings. The van der Waals surface area contributed by atoms with E-state index in [1.54, 1.807) is 24.3 Å². The number of benzene rings is 1. The molecule has 1 fully saturated rings. The molecule has 1 aromatic rings. The third-order valence-electron chi connectivity index (χ3n) is 4.07. The van der Waals surface area contributed by atoms with Crippen molar-refractivity contribution in [3.05, 3.63) is 24.3 Å². The van der Waals surface area contributed by atoms with Crippen LogP contribution in [-0.2, 0) is 14.3 Å².